The monoisotopic (exact) mass is 1690 g/mol. The molecule has 0 bridgehead atoms. The fourth-order valence-corrected chi connectivity index (χ4v) is 7.77. The van der Waals surface area contributed by atoms with Crippen LogP contribution in [0, 0.1) is 44.3 Å². The molecule has 0 spiro atoms. The van der Waals surface area contributed by atoms with Crippen LogP contribution in [0.3, 0.4) is 0 Å². The van der Waals surface area contributed by atoms with Crippen molar-refractivity contribution in [3.05, 3.63) is 48.3 Å². The molecule has 0 saturated heterocycles. The number of rotatable bonds is 9. The molecule has 0 nitrogen and oxygen atoms in total. The Kier molecular flexibility index (Phi) is 88.6. The maximum atomic E-state index is 6.25. The molecule has 77 heavy (non-hydrogen) atoms. The molecule has 0 amide bonds. The molecule has 0 saturated carbocycles. The van der Waals surface area contributed by atoms with E-state index in [2.05, 4.69) is 179 Å². The number of hydrogen-bond acceptors (Lipinski definition) is 0. The van der Waals surface area contributed by atoms with E-state index >= 15 is 0 Å². The van der Waals surface area contributed by atoms with Crippen LogP contribution in [0.2, 0.25) is 0 Å². The second-order valence-electron chi connectivity index (χ2n) is 26.2. The van der Waals surface area contributed by atoms with Crippen molar-refractivity contribution in [1.29, 1.82) is 0 Å². The molecule has 495 valence electrons. The standard InChI is InChI=1S/C12H25Cl.C12H25.C12H24.C4H9Cl.C4H9.2C4H8.CH4.17ClH.5Fe/c1-10(2,3)8-11(4,5)9-12(6,7)13;2*1-10(2)8-12(6,7)9-11(3,4)5;1-4(2,3)5;3*1-4(2)3;;;;;;;;;;;;;;;;;;;;;;;/h8-9H2,1-7H3;8-9H2,1-7H3;1,8-9H2,2-7H3;1-3H3;1-3H3;2*1H2,2-3H3;1H4;17*1H;;;;;/q;+1;;;+1;;;;;;;;;;;;;;;;;;;;;3*+3;2*+4/p-17. The summed E-state index contributed by atoms with van der Waals surface area (Å²) in [4.78, 5) is -0.102. The Morgan fingerprint density at radius 2 is 0.532 bits per heavy atom. The molecule has 0 aromatic rings. The average Bonchev–Trinajstić information content (AvgIpc) is 2.86. The van der Waals surface area contributed by atoms with Gasteiger partial charge >= 0.3 is 224 Å². The van der Waals surface area contributed by atoms with E-state index in [4.69, 9.17) is 195 Å². The SMILES string of the molecule is C.C=C(C)C.C=C(C)C.C=C(C)CC(C)(C)CC(C)(C)C.CC(C)(C)CC(C)(C)CC(C)(C)Cl.CC(C)(C)Cl.C[C+](C)C.C[C+](C)CC(C)(C)CC(C)(C)C.[Cl][Fe]([Cl])([Cl])[Cl].[Cl][Fe]([Cl])([Cl])[Cl].[Cl][Fe]([Cl])[Cl].[Cl][Fe]([Cl])[Cl].[Cl][Fe]([Cl])[Cl]. The van der Waals surface area contributed by atoms with Gasteiger partial charge in [0.15, 0.2) is 0 Å². The second-order valence-corrected chi connectivity index (χ2v) is 66.6. The first-order chi connectivity index (χ1) is 32.1. The van der Waals surface area contributed by atoms with Crippen LogP contribution in [0.25, 0.3) is 0 Å². The number of hydrogen-bond donors (Lipinski definition) is 0. The summed E-state index contributed by atoms with van der Waals surface area (Å²) >= 11 is 7.78. The van der Waals surface area contributed by atoms with Crippen molar-refractivity contribution in [2.45, 2.75) is 263 Å². The summed E-state index contributed by atoms with van der Waals surface area (Å²) < 4.78 is 0. The number of halogens is 19. The first kappa shape index (κ1) is 115. The Labute approximate surface area is 582 Å². The topological polar surface area (TPSA) is 0 Å². The maximum absolute atomic E-state index is 6.25. The van der Waals surface area contributed by atoms with E-state index in [0.29, 0.717) is 32.5 Å². The van der Waals surface area contributed by atoms with Crippen molar-refractivity contribution in [3.63, 3.8) is 0 Å². The summed E-state index contributed by atoms with van der Waals surface area (Å²) in [5.41, 5.74) is 6.12. The summed E-state index contributed by atoms with van der Waals surface area (Å²) in [7, 11) is 78.4. The van der Waals surface area contributed by atoms with Gasteiger partial charge in [-0.15, -0.1) is 42.9 Å². The molecular formula is C53H112Cl19Fe5+2. The average molecular weight is 1700 g/mol. The third-order valence-electron chi connectivity index (χ3n) is 5.54. The molecule has 0 radical (unpaired) electrons. The molecule has 0 aliphatic heterocycles. The normalized spacial score (nSPS) is 12.1. The molecule has 0 atom stereocenters. The molecule has 0 rings (SSSR count). The van der Waals surface area contributed by atoms with Crippen LogP contribution in [0.4, 0.5) is 0 Å². The summed E-state index contributed by atoms with van der Waals surface area (Å²) in [5, 5.41) is 0. The van der Waals surface area contributed by atoms with E-state index in [1.54, 1.807) is 5.92 Å². The Bertz CT molecular complexity index is 1180. The summed E-state index contributed by atoms with van der Waals surface area (Å²) in [5.74, 6) is 2.96. The molecule has 0 aliphatic rings. The van der Waals surface area contributed by atoms with E-state index in [9.17, 15) is 0 Å². The van der Waals surface area contributed by atoms with Gasteiger partial charge in [0.05, 0.1) is 52.9 Å². The molecule has 0 aliphatic carbocycles. The van der Waals surface area contributed by atoms with Crippen LogP contribution in [0.5, 0.6) is 0 Å². The molecule has 0 aromatic heterocycles. The molecule has 0 N–H and O–H groups in total. The van der Waals surface area contributed by atoms with Crippen molar-refractivity contribution in [3.8, 4) is 0 Å². The zero-order valence-corrected chi connectivity index (χ0v) is 71.7. The van der Waals surface area contributed by atoms with E-state index in [1.165, 1.54) is 48.3 Å². The minimum atomic E-state index is -2.61. The molecule has 0 unspecified atom stereocenters. The molecular weight excluding hydrogens is 1590 g/mol. The van der Waals surface area contributed by atoms with Gasteiger partial charge in [-0.25, -0.2) is 0 Å². The van der Waals surface area contributed by atoms with E-state index < -0.39 is 51.9 Å². The van der Waals surface area contributed by atoms with Gasteiger partial charge in [-0.3, -0.25) is 0 Å². The van der Waals surface area contributed by atoms with Crippen LogP contribution < -0.4 is 0 Å². The summed E-state index contributed by atoms with van der Waals surface area (Å²) in [6.07, 6.45) is 7.24. The van der Waals surface area contributed by atoms with Crippen LogP contribution >= 0.6 is 195 Å². The van der Waals surface area contributed by atoms with Crippen LogP contribution in [0.1, 0.15) is 254 Å². The van der Waals surface area contributed by atoms with Gasteiger partial charge in [0.1, 0.15) is 0 Å². The Morgan fingerprint density at radius 1 is 0.390 bits per heavy atom. The number of allylic oxidation sites excluding steroid dienone is 3. The zero-order chi connectivity index (χ0) is 65.9. The van der Waals surface area contributed by atoms with E-state index in [1.807, 2.05) is 48.5 Å². The third kappa shape index (κ3) is 324. The zero-order valence-electron chi connectivity index (χ0n) is 51.8. The summed E-state index contributed by atoms with van der Waals surface area (Å²) in [6, 6.07) is 0. The van der Waals surface area contributed by atoms with Crippen LogP contribution in [-0.2, 0) is 51.9 Å². The van der Waals surface area contributed by atoms with Crippen molar-refractivity contribution < 1.29 is 51.9 Å². The fraction of sp³-hybridized carbons (Fsp3) is 0.849. The molecule has 24 heteroatoms. The van der Waals surface area contributed by atoms with Gasteiger partial charge in [0, 0.05) is 15.2 Å². The third-order valence-corrected chi connectivity index (χ3v) is 5.67. The summed E-state index contributed by atoms with van der Waals surface area (Å²) in [6.45, 7) is 76.6. The second kappa shape index (κ2) is 59.4. The quantitative estimate of drug-likeness (QED) is 0.0934. The van der Waals surface area contributed by atoms with Crippen molar-refractivity contribution in [1.82, 2.24) is 0 Å². The van der Waals surface area contributed by atoms with Gasteiger partial charge in [-0.1, -0.05) is 128 Å². The minimum absolute atomic E-state index is 0. The Morgan fingerprint density at radius 3 is 0.649 bits per heavy atom. The predicted octanol–water partition coefficient (Wildman–Crippen LogP) is 32.9. The van der Waals surface area contributed by atoms with E-state index in [-0.39, 0.29) is 17.2 Å². The molecule has 0 aromatic carbocycles. The Hall–Kier alpha value is 7.07. The molecule has 0 heterocycles. The number of alkyl halides is 2. The van der Waals surface area contributed by atoms with Gasteiger partial charge in [-0.2, -0.15) is 0 Å². The van der Waals surface area contributed by atoms with Crippen molar-refractivity contribution in [2.75, 3.05) is 0 Å². The fourth-order valence-electron chi connectivity index (χ4n) is 7.41. The van der Waals surface area contributed by atoms with E-state index in [0.717, 1.165) is 12.8 Å². The first-order valence-corrected chi connectivity index (χ1v) is 49.5. The predicted molar refractivity (Wildman–Crippen MR) is 370 cm³/mol. The van der Waals surface area contributed by atoms with Gasteiger partial charge in [0.2, 0.25) is 0 Å². The van der Waals surface area contributed by atoms with Crippen LogP contribution in [-0.4, -0.2) is 9.75 Å². The van der Waals surface area contributed by atoms with Gasteiger partial charge < -0.3 is 0 Å². The van der Waals surface area contributed by atoms with Gasteiger partial charge in [-0.05, 0) is 128 Å². The van der Waals surface area contributed by atoms with Gasteiger partial charge in [0.25, 0.3) is 0 Å². The Balaban J connectivity index is -0.0000000546. The van der Waals surface area contributed by atoms with Crippen molar-refractivity contribution >= 4 is 195 Å². The van der Waals surface area contributed by atoms with Crippen molar-refractivity contribution in [2.24, 2.45) is 32.5 Å². The van der Waals surface area contributed by atoms with Crippen LogP contribution in [0.15, 0.2) is 36.5 Å². The molecule has 0 fully saturated rings. The first-order valence-electron chi connectivity index (χ1n) is 23.0.